The highest BCUT2D eigenvalue weighted by molar-refractivity contribution is 5.72. The Labute approximate surface area is 78.8 Å². The van der Waals surface area contributed by atoms with Gasteiger partial charge in [-0.2, -0.15) is 5.10 Å². The molecule has 0 atom stereocenters. The smallest absolute Gasteiger partial charge is 0.168 e. The lowest BCUT2D eigenvalue weighted by atomic mass is 10.1. The standard InChI is InChI=1S/C10H16N2O/c1-7(2)10-5-9(6-13)12(11-10)8(3)4/h5-8H,1-4H3. The molecule has 0 unspecified atom stereocenters. The Morgan fingerprint density at radius 2 is 2.00 bits per heavy atom. The second-order valence-electron chi connectivity index (χ2n) is 3.80. The van der Waals surface area contributed by atoms with Crippen molar-refractivity contribution in [3.8, 4) is 0 Å². The van der Waals surface area contributed by atoms with Gasteiger partial charge in [0.1, 0.15) is 5.69 Å². The van der Waals surface area contributed by atoms with E-state index in [0.29, 0.717) is 11.6 Å². The predicted octanol–water partition coefficient (Wildman–Crippen LogP) is 2.40. The van der Waals surface area contributed by atoms with Crippen molar-refractivity contribution in [1.29, 1.82) is 0 Å². The Kier molecular flexibility index (Phi) is 2.86. The zero-order valence-electron chi connectivity index (χ0n) is 8.61. The minimum Gasteiger partial charge on any atom is -0.296 e. The molecule has 0 aliphatic rings. The van der Waals surface area contributed by atoms with E-state index in [1.807, 2.05) is 19.9 Å². The average molecular weight is 180 g/mol. The Balaban J connectivity index is 3.11. The summed E-state index contributed by atoms with van der Waals surface area (Å²) in [6.07, 6.45) is 0.860. The molecule has 1 aromatic heterocycles. The van der Waals surface area contributed by atoms with Crippen LogP contribution in [0.15, 0.2) is 6.07 Å². The summed E-state index contributed by atoms with van der Waals surface area (Å²) in [7, 11) is 0. The number of aldehydes is 1. The summed E-state index contributed by atoms with van der Waals surface area (Å²) >= 11 is 0. The van der Waals surface area contributed by atoms with E-state index in [9.17, 15) is 4.79 Å². The first-order chi connectivity index (χ1) is 6.06. The molecule has 0 aromatic carbocycles. The number of nitrogens with zero attached hydrogens (tertiary/aromatic N) is 2. The van der Waals surface area contributed by atoms with Gasteiger partial charge >= 0.3 is 0 Å². The first kappa shape index (κ1) is 9.96. The summed E-state index contributed by atoms with van der Waals surface area (Å²) in [5, 5.41) is 4.37. The summed E-state index contributed by atoms with van der Waals surface area (Å²) in [6, 6.07) is 2.10. The van der Waals surface area contributed by atoms with Crippen molar-refractivity contribution in [2.45, 2.75) is 39.7 Å². The van der Waals surface area contributed by atoms with E-state index in [4.69, 9.17) is 0 Å². The lowest BCUT2D eigenvalue weighted by Crippen LogP contribution is -2.07. The van der Waals surface area contributed by atoms with Crippen molar-refractivity contribution in [3.05, 3.63) is 17.5 Å². The Morgan fingerprint density at radius 1 is 1.38 bits per heavy atom. The van der Waals surface area contributed by atoms with Crippen LogP contribution in [0.3, 0.4) is 0 Å². The quantitative estimate of drug-likeness (QED) is 0.669. The van der Waals surface area contributed by atoms with Gasteiger partial charge in [0.2, 0.25) is 0 Å². The average Bonchev–Trinajstić information content (AvgIpc) is 2.47. The minimum absolute atomic E-state index is 0.243. The zero-order chi connectivity index (χ0) is 10.0. The van der Waals surface area contributed by atoms with E-state index in [1.54, 1.807) is 4.68 Å². The van der Waals surface area contributed by atoms with Gasteiger partial charge in [0.05, 0.1) is 5.69 Å². The van der Waals surface area contributed by atoms with E-state index in [2.05, 4.69) is 18.9 Å². The predicted molar refractivity (Wildman–Crippen MR) is 52.1 cm³/mol. The van der Waals surface area contributed by atoms with Crippen LogP contribution in [0.2, 0.25) is 0 Å². The molecule has 0 saturated heterocycles. The Hall–Kier alpha value is -1.12. The van der Waals surface area contributed by atoms with Crippen LogP contribution in [0.25, 0.3) is 0 Å². The maximum absolute atomic E-state index is 10.7. The molecule has 1 heterocycles. The van der Waals surface area contributed by atoms with Gasteiger partial charge in [-0.15, -0.1) is 0 Å². The largest absolute Gasteiger partial charge is 0.296 e. The first-order valence-corrected chi connectivity index (χ1v) is 4.61. The lowest BCUT2D eigenvalue weighted by molar-refractivity contribution is 0.111. The third-order valence-electron chi connectivity index (χ3n) is 1.98. The summed E-state index contributed by atoms with van der Waals surface area (Å²) in [5.74, 6) is 0.374. The fourth-order valence-corrected chi connectivity index (χ4v) is 1.21. The van der Waals surface area contributed by atoms with Gasteiger partial charge in [0, 0.05) is 6.04 Å². The number of hydrogen-bond acceptors (Lipinski definition) is 2. The molecule has 0 bridgehead atoms. The van der Waals surface area contributed by atoms with Crippen molar-refractivity contribution in [1.82, 2.24) is 9.78 Å². The van der Waals surface area contributed by atoms with Gasteiger partial charge < -0.3 is 0 Å². The molecule has 1 rings (SSSR count). The van der Waals surface area contributed by atoms with Gasteiger partial charge in [0.25, 0.3) is 0 Å². The molecule has 0 radical (unpaired) electrons. The monoisotopic (exact) mass is 180 g/mol. The zero-order valence-corrected chi connectivity index (χ0v) is 8.61. The normalized spacial score (nSPS) is 11.2. The summed E-state index contributed by atoms with van der Waals surface area (Å²) in [6.45, 7) is 8.18. The van der Waals surface area contributed by atoms with Crippen molar-refractivity contribution < 1.29 is 4.79 Å². The van der Waals surface area contributed by atoms with Crippen LogP contribution in [0.1, 0.15) is 55.8 Å². The highest BCUT2D eigenvalue weighted by Gasteiger charge is 2.11. The van der Waals surface area contributed by atoms with Gasteiger partial charge in [-0.05, 0) is 25.8 Å². The van der Waals surface area contributed by atoms with Crippen LogP contribution in [0, 0.1) is 0 Å². The van der Waals surface area contributed by atoms with Crippen LogP contribution in [0.4, 0.5) is 0 Å². The SMILES string of the molecule is CC(C)c1cc(C=O)n(C(C)C)n1. The first-order valence-electron chi connectivity index (χ1n) is 4.61. The van der Waals surface area contributed by atoms with Crippen LogP contribution < -0.4 is 0 Å². The number of rotatable bonds is 3. The number of aromatic nitrogens is 2. The van der Waals surface area contributed by atoms with Gasteiger partial charge in [-0.1, -0.05) is 13.8 Å². The Bertz CT molecular complexity index is 300. The second-order valence-corrected chi connectivity index (χ2v) is 3.80. The van der Waals surface area contributed by atoms with Crippen LogP contribution in [-0.2, 0) is 0 Å². The molecule has 0 fully saturated rings. The maximum atomic E-state index is 10.7. The Morgan fingerprint density at radius 3 is 2.31 bits per heavy atom. The fourth-order valence-electron chi connectivity index (χ4n) is 1.21. The van der Waals surface area contributed by atoms with Gasteiger partial charge in [-0.25, -0.2) is 0 Å². The molecule has 0 aliphatic carbocycles. The van der Waals surface area contributed by atoms with E-state index >= 15 is 0 Å². The second kappa shape index (κ2) is 3.73. The van der Waals surface area contributed by atoms with Crippen molar-refractivity contribution in [2.75, 3.05) is 0 Å². The third-order valence-corrected chi connectivity index (χ3v) is 1.98. The third kappa shape index (κ3) is 1.97. The fraction of sp³-hybridized carbons (Fsp3) is 0.600. The van der Waals surface area contributed by atoms with E-state index in [1.165, 1.54) is 0 Å². The van der Waals surface area contributed by atoms with E-state index in [0.717, 1.165) is 12.0 Å². The van der Waals surface area contributed by atoms with Gasteiger partial charge in [-0.3, -0.25) is 9.48 Å². The lowest BCUT2D eigenvalue weighted by Gasteiger charge is -2.06. The van der Waals surface area contributed by atoms with E-state index in [-0.39, 0.29) is 6.04 Å². The maximum Gasteiger partial charge on any atom is 0.168 e. The topological polar surface area (TPSA) is 34.9 Å². The number of carbonyl (C=O) groups excluding carboxylic acids is 1. The summed E-state index contributed by atoms with van der Waals surface area (Å²) in [5.41, 5.74) is 1.65. The summed E-state index contributed by atoms with van der Waals surface area (Å²) < 4.78 is 1.77. The molecule has 0 saturated carbocycles. The molecule has 0 aliphatic heterocycles. The molecule has 3 heteroatoms. The highest BCUT2D eigenvalue weighted by Crippen LogP contribution is 2.16. The molecule has 3 nitrogen and oxygen atoms in total. The van der Waals surface area contributed by atoms with Crippen LogP contribution in [-0.4, -0.2) is 16.1 Å². The molecule has 0 N–H and O–H groups in total. The minimum atomic E-state index is 0.243. The molecule has 72 valence electrons. The van der Waals surface area contributed by atoms with Crippen LogP contribution in [0.5, 0.6) is 0 Å². The molecule has 0 spiro atoms. The molecular weight excluding hydrogens is 164 g/mol. The molecule has 13 heavy (non-hydrogen) atoms. The number of carbonyl (C=O) groups is 1. The molecule has 1 aromatic rings. The highest BCUT2D eigenvalue weighted by atomic mass is 16.1. The van der Waals surface area contributed by atoms with Crippen molar-refractivity contribution >= 4 is 6.29 Å². The van der Waals surface area contributed by atoms with E-state index < -0.39 is 0 Å². The van der Waals surface area contributed by atoms with Gasteiger partial charge in [0.15, 0.2) is 6.29 Å². The van der Waals surface area contributed by atoms with Crippen molar-refractivity contribution in [2.24, 2.45) is 0 Å². The summed E-state index contributed by atoms with van der Waals surface area (Å²) in [4.78, 5) is 10.7. The molecular formula is C10H16N2O. The van der Waals surface area contributed by atoms with Crippen molar-refractivity contribution in [3.63, 3.8) is 0 Å². The van der Waals surface area contributed by atoms with Crippen LogP contribution >= 0.6 is 0 Å². The molecule has 0 amide bonds. The number of hydrogen-bond donors (Lipinski definition) is 0.